The number of nitrogens with one attached hydrogen (secondary N) is 1. The second kappa shape index (κ2) is 7.68. The van der Waals surface area contributed by atoms with Crippen LogP contribution in [0.1, 0.15) is 23.7 Å². The van der Waals surface area contributed by atoms with Crippen molar-refractivity contribution in [3.8, 4) is 0 Å². The number of anilines is 1. The van der Waals surface area contributed by atoms with Crippen LogP contribution in [0.15, 0.2) is 23.1 Å². The number of rotatable bonds is 6. The van der Waals surface area contributed by atoms with Crippen LogP contribution in [0.3, 0.4) is 0 Å². The van der Waals surface area contributed by atoms with Crippen molar-refractivity contribution in [1.82, 2.24) is 5.32 Å². The highest BCUT2D eigenvalue weighted by molar-refractivity contribution is 7.99. The third kappa shape index (κ3) is 4.82. The number of hydrogen-bond acceptors (Lipinski definition) is 5. The zero-order valence-corrected chi connectivity index (χ0v) is 11.9. The molecule has 0 unspecified atom stereocenters. The number of methoxy groups -OCH3 is 1. The third-order valence-corrected chi connectivity index (χ3v) is 3.44. The summed E-state index contributed by atoms with van der Waals surface area (Å²) < 4.78 is 4.57. The maximum absolute atomic E-state index is 11.9. The molecule has 1 amide bonds. The molecule has 0 aliphatic rings. The summed E-state index contributed by atoms with van der Waals surface area (Å²) in [4.78, 5) is 23.7. The summed E-state index contributed by atoms with van der Waals surface area (Å²) in [6.45, 7) is 2.43. The number of esters is 1. The molecule has 0 heterocycles. The van der Waals surface area contributed by atoms with Gasteiger partial charge in [0.1, 0.15) is 0 Å². The third-order valence-electron chi connectivity index (χ3n) is 2.38. The molecule has 0 aliphatic carbocycles. The van der Waals surface area contributed by atoms with E-state index in [1.165, 1.54) is 18.9 Å². The van der Waals surface area contributed by atoms with Crippen LogP contribution in [0.25, 0.3) is 0 Å². The molecular formula is C13H18N2O3S. The summed E-state index contributed by atoms with van der Waals surface area (Å²) in [6.07, 6.45) is 0.296. The minimum absolute atomic E-state index is 0.136. The van der Waals surface area contributed by atoms with Gasteiger partial charge in [-0.25, -0.2) is 0 Å². The van der Waals surface area contributed by atoms with E-state index >= 15 is 0 Å². The highest BCUT2D eigenvalue weighted by Crippen LogP contribution is 2.26. The molecule has 0 radical (unpaired) electrons. The van der Waals surface area contributed by atoms with Crippen LogP contribution >= 0.6 is 11.8 Å². The monoisotopic (exact) mass is 282 g/mol. The first-order valence-electron chi connectivity index (χ1n) is 5.95. The Hall–Kier alpha value is -1.69. The Morgan fingerprint density at radius 3 is 2.79 bits per heavy atom. The summed E-state index contributed by atoms with van der Waals surface area (Å²) in [7, 11) is 1.35. The van der Waals surface area contributed by atoms with E-state index in [1.54, 1.807) is 18.2 Å². The van der Waals surface area contributed by atoms with Crippen LogP contribution in [0, 0.1) is 0 Å². The van der Waals surface area contributed by atoms with E-state index in [4.69, 9.17) is 5.73 Å². The molecule has 1 aromatic rings. The number of nitrogen functional groups attached to an aromatic ring is 1. The number of ether oxygens (including phenoxy) is 1. The number of nitrogens with two attached hydrogens (primary N) is 1. The van der Waals surface area contributed by atoms with Crippen LogP contribution in [0.5, 0.6) is 0 Å². The first-order valence-corrected chi connectivity index (χ1v) is 6.94. The Balaban J connectivity index is 2.76. The van der Waals surface area contributed by atoms with Gasteiger partial charge in [0, 0.05) is 22.9 Å². The number of carbonyl (C=O) groups excluding carboxylic acids is 2. The highest BCUT2D eigenvalue weighted by Gasteiger charge is 2.12. The average Bonchev–Trinajstić information content (AvgIpc) is 2.38. The Kier molecular flexibility index (Phi) is 6.21. The fourth-order valence-electron chi connectivity index (χ4n) is 1.45. The van der Waals surface area contributed by atoms with Gasteiger partial charge in [-0.15, -0.1) is 11.8 Å². The molecule has 0 aromatic heterocycles. The van der Waals surface area contributed by atoms with Gasteiger partial charge in [0.05, 0.1) is 19.1 Å². The van der Waals surface area contributed by atoms with E-state index in [9.17, 15) is 9.59 Å². The topological polar surface area (TPSA) is 81.4 Å². The van der Waals surface area contributed by atoms with Crippen LogP contribution in [-0.4, -0.2) is 31.3 Å². The molecule has 6 heteroatoms. The molecule has 19 heavy (non-hydrogen) atoms. The number of amides is 1. The Morgan fingerprint density at radius 1 is 1.42 bits per heavy atom. The maximum atomic E-state index is 11.9. The van der Waals surface area contributed by atoms with Crippen molar-refractivity contribution in [2.24, 2.45) is 0 Å². The zero-order valence-electron chi connectivity index (χ0n) is 11.1. The number of thioether (sulfide) groups is 1. The van der Waals surface area contributed by atoms with E-state index in [0.717, 1.165) is 4.90 Å². The van der Waals surface area contributed by atoms with Crippen molar-refractivity contribution in [2.75, 3.05) is 25.1 Å². The number of hydrogen-bond donors (Lipinski definition) is 2. The lowest BCUT2D eigenvalue weighted by Crippen LogP contribution is -2.23. The normalized spacial score (nSPS) is 10.0. The van der Waals surface area contributed by atoms with Gasteiger partial charge in [-0.1, -0.05) is 0 Å². The SMILES string of the molecule is CCNC(=O)c1ccc(N)cc1SCCC(=O)OC. The number of carbonyl (C=O) groups is 2. The lowest BCUT2D eigenvalue weighted by atomic mass is 10.2. The molecular weight excluding hydrogens is 264 g/mol. The molecule has 5 nitrogen and oxygen atoms in total. The molecule has 0 aliphatic heterocycles. The summed E-state index contributed by atoms with van der Waals surface area (Å²) in [5, 5.41) is 2.75. The summed E-state index contributed by atoms with van der Waals surface area (Å²) >= 11 is 1.42. The molecule has 0 fully saturated rings. The van der Waals surface area contributed by atoms with Gasteiger partial charge >= 0.3 is 5.97 Å². The quantitative estimate of drug-likeness (QED) is 0.471. The van der Waals surface area contributed by atoms with E-state index in [1.807, 2.05) is 6.92 Å². The summed E-state index contributed by atoms with van der Waals surface area (Å²) in [5.74, 6) is 0.141. The van der Waals surface area contributed by atoms with Crippen molar-refractivity contribution in [3.05, 3.63) is 23.8 Å². The molecule has 0 saturated heterocycles. The predicted octanol–water partition coefficient (Wildman–Crippen LogP) is 1.67. The minimum atomic E-state index is -0.268. The Bertz CT molecular complexity index is 463. The van der Waals surface area contributed by atoms with Crippen LogP contribution in [0.2, 0.25) is 0 Å². The fraction of sp³-hybridized carbons (Fsp3) is 0.385. The summed E-state index contributed by atoms with van der Waals surface area (Å²) in [5.41, 5.74) is 6.89. The van der Waals surface area contributed by atoms with Crippen molar-refractivity contribution in [3.63, 3.8) is 0 Å². The van der Waals surface area contributed by atoms with E-state index < -0.39 is 0 Å². The lowest BCUT2D eigenvalue weighted by molar-refractivity contribution is -0.140. The minimum Gasteiger partial charge on any atom is -0.469 e. The lowest BCUT2D eigenvalue weighted by Gasteiger charge is -2.09. The van der Waals surface area contributed by atoms with Crippen LogP contribution < -0.4 is 11.1 Å². The first-order chi connectivity index (χ1) is 9.08. The van der Waals surface area contributed by atoms with Gasteiger partial charge in [-0.2, -0.15) is 0 Å². The van der Waals surface area contributed by atoms with Gasteiger partial charge in [0.25, 0.3) is 5.91 Å². The number of benzene rings is 1. The molecule has 0 saturated carbocycles. The van der Waals surface area contributed by atoms with Crippen molar-refractivity contribution >= 4 is 29.3 Å². The Morgan fingerprint density at radius 2 is 2.16 bits per heavy atom. The molecule has 0 atom stereocenters. The second-order valence-electron chi connectivity index (χ2n) is 3.79. The van der Waals surface area contributed by atoms with Gasteiger partial charge in [-0.05, 0) is 25.1 Å². The van der Waals surface area contributed by atoms with Gasteiger partial charge in [-0.3, -0.25) is 9.59 Å². The highest BCUT2D eigenvalue weighted by atomic mass is 32.2. The second-order valence-corrected chi connectivity index (χ2v) is 4.93. The fourth-order valence-corrected chi connectivity index (χ4v) is 2.47. The van der Waals surface area contributed by atoms with Crippen molar-refractivity contribution in [1.29, 1.82) is 0 Å². The largest absolute Gasteiger partial charge is 0.469 e. The molecule has 0 spiro atoms. The molecule has 3 N–H and O–H groups in total. The molecule has 0 bridgehead atoms. The Labute approximate surface area is 116 Å². The first kappa shape index (κ1) is 15.4. The van der Waals surface area contributed by atoms with Crippen LogP contribution in [0.4, 0.5) is 5.69 Å². The summed E-state index contributed by atoms with van der Waals surface area (Å²) in [6, 6.07) is 5.13. The van der Waals surface area contributed by atoms with Crippen molar-refractivity contribution < 1.29 is 14.3 Å². The van der Waals surface area contributed by atoms with Gasteiger partial charge < -0.3 is 15.8 Å². The van der Waals surface area contributed by atoms with E-state index in [2.05, 4.69) is 10.1 Å². The standard InChI is InChI=1S/C13H18N2O3S/c1-3-15-13(17)10-5-4-9(14)8-11(10)19-7-6-12(16)18-2/h4-5,8H,3,6-7,14H2,1-2H3,(H,15,17). The van der Waals surface area contributed by atoms with E-state index in [0.29, 0.717) is 30.0 Å². The van der Waals surface area contributed by atoms with Crippen molar-refractivity contribution in [2.45, 2.75) is 18.2 Å². The average molecular weight is 282 g/mol. The maximum Gasteiger partial charge on any atom is 0.306 e. The zero-order chi connectivity index (χ0) is 14.3. The predicted molar refractivity (Wildman–Crippen MR) is 76.2 cm³/mol. The smallest absolute Gasteiger partial charge is 0.306 e. The van der Waals surface area contributed by atoms with Gasteiger partial charge in [0.15, 0.2) is 0 Å². The molecule has 104 valence electrons. The molecule has 1 aromatic carbocycles. The molecule has 1 rings (SSSR count). The van der Waals surface area contributed by atoms with Crippen LogP contribution in [-0.2, 0) is 9.53 Å². The van der Waals surface area contributed by atoms with E-state index in [-0.39, 0.29) is 11.9 Å². The van der Waals surface area contributed by atoms with Gasteiger partial charge in [0.2, 0.25) is 0 Å².